The molecule has 4 nitrogen and oxygen atoms in total. The molecule has 1 heterocycles. The summed E-state index contributed by atoms with van der Waals surface area (Å²) in [5, 5.41) is 12.0. The van der Waals surface area contributed by atoms with E-state index in [1.54, 1.807) is 31.2 Å². The molecular formula is C12H10BrNO3. The fourth-order valence-corrected chi connectivity index (χ4v) is 1.71. The molecule has 0 saturated carbocycles. The quantitative estimate of drug-likeness (QED) is 0.836. The second-order valence-corrected chi connectivity index (χ2v) is 4.34. The Bertz CT molecular complexity index is 563. The third-order valence-corrected chi connectivity index (χ3v) is 2.68. The number of carbonyl (C=O) groups is 1. The molecule has 0 saturated heterocycles. The van der Waals surface area contributed by atoms with Gasteiger partial charge in [0, 0.05) is 5.69 Å². The number of phenolic OH excluding ortho intramolecular Hbond substituents is 1. The average Bonchev–Trinajstić information content (AvgIpc) is 2.69. The van der Waals surface area contributed by atoms with Crippen LogP contribution < -0.4 is 5.32 Å². The number of aryl methyl sites for hydroxylation is 1. The zero-order valence-corrected chi connectivity index (χ0v) is 10.6. The second-order valence-electron chi connectivity index (χ2n) is 3.56. The van der Waals surface area contributed by atoms with Crippen LogP contribution in [0.4, 0.5) is 5.69 Å². The highest BCUT2D eigenvalue weighted by Gasteiger charge is 2.11. The number of hydrogen-bond donors (Lipinski definition) is 2. The smallest absolute Gasteiger partial charge is 0.291 e. The molecule has 0 radical (unpaired) electrons. The summed E-state index contributed by atoms with van der Waals surface area (Å²) in [6, 6.07) is 7.96. The van der Waals surface area contributed by atoms with Gasteiger partial charge >= 0.3 is 0 Å². The maximum absolute atomic E-state index is 11.8. The van der Waals surface area contributed by atoms with Crippen molar-refractivity contribution < 1.29 is 14.3 Å². The SMILES string of the molecule is Cc1cc(O)ccc1NC(=O)c1ccc(Br)o1. The summed E-state index contributed by atoms with van der Waals surface area (Å²) in [4.78, 5) is 11.8. The number of anilines is 1. The van der Waals surface area contributed by atoms with E-state index in [0.29, 0.717) is 10.4 Å². The first-order chi connectivity index (χ1) is 8.06. The summed E-state index contributed by atoms with van der Waals surface area (Å²) in [5.74, 6) is 0.0649. The molecule has 2 aromatic rings. The van der Waals surface area contributed by atoms with Gasteiger partial charge in [0.15, 0.2) is 10.4 Å². The Kier molecular flexibility index (Phi) is 3.19. The Morgan fingerprint density at radius 1 is 1.35 bits per heavy atom. The highest BCUT2D eigenvalue weighted by molar-refractivity contribution is 9.10. The van der Waals surface area contributed by atoms with E-state index >= 15 is 0 Å². The molecular weight excluding hydrogens is 286 g/mol. The van der Waals surface area contributed by atoms with Crippen molar-refractivity contribution >= 4 is 27.5 Å². The Balaban J connectivity index is 2.18. The molecule has 0 spiro atoms. The number of halogens is 1. The standard InChI is InChI=1S/C12H10BrNO3/c1-7-6-8(15)2-3-9(7)14-12(16)10-4-5-11(13)17-10/h2-6,15H,1H3,(H,14,16). The van der Waals surface area contributed by atoms with Crippen LogP contribution >= 0.6 is 15.9 Å². The summed E-state index contributed by atoms with van der Waals surface area (Å²) < 4.78 is 5.64. The molecule has 5 heteroatoms. The fourth-order valence-electron chi connectivity index (χ4n) is 1.41. The van der Waals surface area contributed by atoms with Crippen molar-refractivity contribution in [2.75, 3.05) is 5.32 Å². The second kappa shape index (κ2) is 4.63. The summed E-state index contributed by atoms with van der Waals surface area (Å²) in [6.07, 6.45) is 0. The van der Waals surface area contributed by atoms with E-state index in [9.17, 15) is 9.90 Å². The molecule has 0 atom stereocenters. The van der Waals surface area contributed by atoms with Crippen LogP contribution in [0.1, 0.15) is 16.1 Å². The lowest BCUT2D eigenvalue weighted by molar-refractivity contribution is 0.0995. The molecule has 2 rings (SSSR count). The Labute approximate surface area is 106 Å². The predicted molar refractivity (Wildman–Crippen MR) is 67.2 cm³/mol. The van der Waals surface area contributed by atoms with Crippen LogP contribution in [-0.4, -0.2) is 11.0 Å². The maximum Gasteiger partial charge on any atom is 0.291 e. The number of rotatable bonds is 2. The minimum atomic E-state index is -0.329. The number of amides is 1. The lowest BCUT2D eigenvalue weighted by Gasteiger charge is -2.06. The summed E-state index contributed by atoms with van der Waals surface area (Å²) in [5.41, 5.74) is 1.42. The molecule has 0 bridgehead atoms. The first kappa shape index (κ1) is 11.7. The molecule has 0 fully saturated rings. The number of phenols is 1. The Morgan fingerprint density at radius 3 is 2.71 bits per heavy atom. The third kappa shape index (κ3) is 2.68. The topological polar surface area (TPSA) is 62.5 Å². The number of aromatic hydroxyl groups is 1. The predicted octanol–water partition coefficient (Wildman–Crippen LogP) is 3.31. The molecule has 0 aliphatic carbocycles. The van der Waals surface area contributed by atoms with Gasteiger partial charge in [-0.3, -0.25) is 4.79 Å². The van der Waals surface area contributed by atoms with E-state index < -0.39 is 0 Å². The van der Waals surface area contributed by atoms with E-state index in [2.05, 4.69) is 21.2 Å². The van der Waals surface area contributed by atoms with Gasteiger partial charge in [-0.15, -0.1) is 0 Å². The molecule has 1 aromatic carbocycles. The van der Waals surface area contributed by atoms with E-state index in [4.69, 9.17) is 4.42 Å². The number of hydrogen-bond acceptors (Lipinski definition) is 3. The molecule has 1 aromatic heterocycles. The van der Waals surface area contributed by atoms with Crippen LogP contribution in [-0.2, 0) is 0 Å². The first-order valence-electron chi connectivity index (χ1n) is 4.92. The number of nitrogens with one attached hydrogen (secondary N) is 1. The highest BCUT2D eigenvalue weighted by Crippen LogP contribution is 2.21. The molecule has 0 aliphatic heterocycles. The molecule has 17 heavy (non-hydrogen) atoms. The summed E-state index contributed by atoms with van der Waals surface area (Å²) in [6.45, 7) is 1.80. The maximum atomic E-state index is 11.8. The van der Waals surface area contributed by atoms with Gasteiger partial charge in [-0.05, 0) is 58.7 Å². The van der Waals surface area contributed by atoms with Crippen molar-refractivity contribution in [3.8, 4) is 5.75 Å². The Hall–Kier alpha value is -1.75. The van der Waals surface area contributed by atoms with Crippen molar-refractivity contribution in [3.63, 3.8) is 0 Å². The van der Waals surface area contributed by atoms with Crippen molar-refractivity contribution in [3.05, 3.63) is 46.3 Å². The lowest BCUT2D eigenvalue weighted by atomic mass is 10.2. The van der Waals surface area contributed by atoms with Gasteiger partial charge in [0.2, 0.25) is 0 Å². The fraction of sp³-hybridized carbons (Fsp3) is 0.0833. The summed E-state index contributed by atoms with van der Waals surface area (Å²) >= 11 is 3.13. The highest BCUT2D eigenvalue weighted by atomic mass is 79.9. The summed E-state index contributed by atoms with van der Waals surface area (Å²) in [7, 11) is 0. The number of benzene rings is 1. The molecule has 1 amide bonds. The van der Waals surface area contributed by atoms with Gasteiger partial charge < -0.3 is 14.8 Å². The molecule has 88 valence electrons. The minimum Gasteiger partial charge on any atom is -0.508 e. The monoisotopic (exact) mass is 295 g/mol. The minimum absolute atomic E-state index is 0.168. The van der Waals surface area contributed by atoms with E-state index in [-0.39, 0.29) is 17.4 Å². The number of carbonyl (C=O) groups excluding carboxylic acids is 1. The van der Waals surface area contributed by atoms with Gasteiger partial charge in [-0.25, -0.2) is 0 Å². The molecule has 2 N–H and O–H groups in total. The van der Waals surface area contributed by atoms with Gasteiger partial charge in [0.25, 0.3) is 5.91 Å². The molecule has 0 aliphatic rings. The van der Waals surface area contributed by atoms with Crippen LogP contribution in [0.2, 0.25) is 0 Å². The largest absolute Gasteiger partial charge is 0.508 e. The Morgan fingerprint density at radius 2 is 2.12 bits per heavy atom. The van der Waals surface area contributed by atoms with Crippen molar-refractivity contribution in [2.24, 2.45) is 0 Å². The van der Waals surface area contributed by atoms with E-state index in [0.717, 1.165) is 5.56 Å². The van der Waals surface area contributed by atoms with E-state index in [1.807, 2.05) is 0 Å². The van der Waals surface area contributed by atoms with Crippen LogP contribution in [0.5, 0.6) is 5.75 Å². The van der Waals surface area contributed by atoms with Gasteiger partial charge in [-0.2, -0.15) is 0 Å². The van der Waals surface area contributed by atoms with Crippen molar-refractivity contribution in [2.45, 2.75) is 6.92 Å². The van der Waals surface area contributed by atoms with Gasteiger partial charge in [-0.1, -0.05) is 0 Å². The van der Waals surface area contributed by atoms with E-state index in [1.165, 1.54) is 6.07 Å². The van der Waals surface area contributed by atoms with Crippen LogP contribution in [0.3, 0.4) is 0 Å². The lowest BCUT2D eigenvalue weighted by Crippen LogP contribution is -2.11. The van der Waals surface area contributed by atoms with Crippen LogP contribution in [0.15, 0.2) is 39.4 Å². The number of furan rings is 1. The average molecular weight is 296 g/mol. The first-order valence-corrected chi connectivity index (χ1v) is 5.72. The van der Waals surface area contributed by atoms with Crippen molar-refractivity contribution in [1.82, 2.24) is 0 Å². The van der Waals surface area contributed by atoms with Gasteiger partial charge in [0.1, 0.15) is 5.75 Å². The zero-order chi connectivity index (χ0) is 12.4. The zero-order valence-electron chi connectivity index (χ0n) is 9.03. The van der Waals surface area contributed by atoms with Crippen LogP contribution in [0.25, 0.3) is 0 Å². The van der Waals surface area contributed by atoms with Crippen molar-refractivity contribution in [1.29, 1.82) is 0 Å². The normalized spacial score (nSPS) is 10.2. The van der Waals surface area contributed by atoms with Crippen LogP contribution in [0, 0.1) is 6.92 Å². The van der Waals surface area contributed by atoms with Gasteiger partial charge in [0.05, 0.1) is 0 Å². The molecule has 0 unspecified atom stereocenters. The third-order valence-electron chi connectivity index (χ3n) is 2.26.